The van der Waals surface area contributed by atoms with Crippen molar-refractivity contribution in [2.45, 2.75) is 77.6 Å². The van der Waals surface area contributed by atoms with Gasteiger partial charge in [-0.05, 0) is 31.6 Å². The van der Waals surface area contributed by atoms with Crippen LogP contribution in [0.25, 0.3) is 0 Å². The van der Waals surface area contributed by atoms with E-state index in [4.69, 9.17) is 4.74 Å². The number of rotatable bonds is 6. The van der Waals surface area contributed by atoms with Gasteiger partial charge in [-0.25, -0.2) is 9.97 Å². The highest BCUT2D eigenvalue weighted by atomic mass is 16.5. The first kappa shape index (κ1) is 19.1. The van der Waals surface area contributed by atoms with Gasteiger partial charge in [0.15, 0.2) is 5.82 Å². The molecule has 0 bridgehead atoms. The van der Waals surface area contributed by atoms with Crippen LogP contribution in [0.15, 0.2) is 12.4 Å². The van der Waals surface area contributed by atoms with Gasteiger partial charge in [0.2, 0.25) is 0 Å². The van der Waals surface area contributed by atoms with Crippen LogP contribution in [0, 0.1) is 5.92 Å². The highest BCUT2D eigenvalue weighted by Crippen LogP contribution is 2.24. The van der Waals surface area contributed by atoms with Gasteiger partial charge < -0.3 is 19.9 Å². The minimum absolute atomic E-state index is 0.214. The molecule has 0 saturated carbocycles. The Morgan fingerprint density at radius 1 is 1.14 bits per heavy atom. The van der Waals surface area contributed by atoms with Gasteiger partial charge in [-0.3, -0.25) is 0 Å². The molecule has 2 aromatic heterocycles. The van der Waals surface area contributed by atoms with Crippen molar-refractivity contribution in [1.82, 2.24) is 24.7 Å². The average molecular weight is 386 g/mol. The molecule has 2 aromatic rings. The number of aryl methyl sites for hydroxylation is 1. The quantitative estimate of drug-likeness (QED) is 0.790. The lowest BCUT2D eigenvalue weighted by Crippen LogP contribution is -2.43. The van der Waals surface area contributed by atoms with E-state index < -0.39 is 0 Å². The Kier molecular flexibility index (Phi) is 6.04. The summed E-state index contributed by atoms with van der Waals surface area (Å²) in [5.41, 5.74) is 0. The number of anilines is 2. The lowest BCUT2D eigenvalue weighted by atomic mass is 9.94. The van der Waals surface area contributed by atoms with E-state index >= 15 is 0 Å². The predicted octanol–water partition coefficient (Wildman–Crippen LogP) is 3.02. The molecule has 28 heavy (non-hydrogen) atoms. The summed E-state index contributed by atoms with van der Waals surface area (Å²) in [6, 6.07) is 2.25. The van der Waals surface area contributed by atoms with Crippen molar-refractivity contribution in [2.75, 3.05) is 17.2 Å². The summed E-state index contributed by atoms with van der Waals surface area (Å²) in [6.07, 6.45) is 8.68. The van der Waals surface area contributed by atoms with Crippen molar-refractivity contribution in [3.05, 3.63) is 24.0 Å². The second-order valence-corrected chi connectivity index (χ2v) is 8.11. The van der Waals surface area contributed by atoms with E-state index in [9.17, 15) is 0 Å². The van der Waals surface area contributed by atoms with Crippen LogP contribution in [0.5, 0.6) is 0 Å². The summed E-state index contributed by atoms with van der Waals surface area (Å²) in [5, 5.41) is 15.7. The van der Waals surface area contributed by atoms with Gasteiger partial charge in [-0.2, -0.15) is 0 Å². The van der Waals surface area contributed by atoms with E-state index in [1.807, 2.05) is 6.07 Å². The van der Waals surface area contributed by atoms with Gasteiger partial charge in [-0.1, -0.05) is 20.3 Å². The molecule has 0 spiro atoms. The molecule has 0 aromatic carbocycles. The number of aromatic nitrogens is 5. The van der Waals surface area contributed by atoms with Gasteiger partial charge in [0.25, 0.3) is 0 Å². The van der Waals surface area contributed by atoms with Crippen molar-refractivity contribution < 1.29 is 4.74 Å². The molecule has 1 fully saturated rings. The maximum Gasteiger partial charge on any atom is 0.152 e. The van der Waals surface area contributed by atoms with Crippen LogP contribution in [-0.4, -0.2) is 43.5 Å². The van der Waals surface area contributed by atoms with Crippen LogP contribution >= 0.6 is 0 Å². The molecule has 0 aliphatic carbocycles. The molecule has 2 atom stereocenters. The summed E-state index contributed by atoms with van der Waals surface area (Å²) in [5.74, 6) is 4.18. The Labute approximate surface area is 166 Å². The van der Waals surface area contributed by atoms with Gasteiger partial charge in [0, 0.05) is 25.6 Å². The summed E-state index contributed by atoms with van der Waals surface area (Å²) in [7, 11) is 0. The van der Waals surface area contributed by atoms with Crippen LogP contribution in [0.4, 0.5) is 11.6 Å². The van der Waals surface area contributed by atoms with Crippen molar-refractivity contribution in [2.24, 2.45) is 5.92 Å². The molecule has 0 radical (unpaired) electrons. The number of ether oxygens (including phenoxy) is 1. The normalized spacial score (nSPS) is 22.5. The highest BCUT2D eigenvalue weighted by molar-refractivity contribution is 5.47. The topological polar surface area (TPSA) is 89.8 Å². The molecule has 152 valence electrons. The van der Waals surface area contributed by atoms with Crippen LogP contribution in [0.2, 0.25) is 0 Å². The standard InChI is InChI=1S/C20H31N7O/c1-14(2)20-15(7-6-10-28-20)24-17-11-16(22-13-23-17)21-12-19-26-25-18-8-4-3-5-9-27(18)19/h11,13-15,20H,3-10,12H2,1-2H3,(H2,21,22,23,24). The van der Waals surface area contributed by atoms with Crippen molar-refractivity contribution in [3.63, 3.8) is 0 Å². The molecule has 2 aliphatic heterocycles. The van der Waals surface area contributed by atoms with Crippen LogP contribution in [-0.2, 0) is 24.2 Å². The molecule has 4 heterocycles. The van der Waals surface area contributed by atoms with E-state index in [0.29, 0.717) is 12.5 Å². The van der Waals surface area contributed by atoms with Crippen LogP contribution < -0.4 is 10.6 Å². The number of nitrogens with one attached hydrogen (secondary N) is 2. The Balaban J connectivity index is 1.40. The largest absolute Gasteiger partial charge is 0.376 e. The van der Waals surface area contributed by atoms with E-state index in [1.54, 1.807) is 6.33 Å². The first-order valence-electron chi connectivity index (χ1n) is 10.6. The Bertz CT molecular complexity index is 776. The Morgan fingerprint density at radius 3 is 2.93 bits per heavy atom. The summed E-state index contributed by atoms with van der Waals surface area (Å²) in [6.45, 7) is 6.89. The molecule has 2 aliphatic rings. The van der Waals surface area contributed by atoms with Gasteiger partial charge in [0.1, 0.15) is 23.8 Å². The maximum absolute atomic E-state index is 5.97. The molecule has 1 saturated heterocycles. The monoisotopic (exact) mass is 385 g/mol. The van der Waals surface area contributed by atoms with Crippen molar-refractivity contribution in [1.29, 1.82) is 0 Å². The first-order chi connectivity index (χ1) is 13.7. The maximum atomic E-state index is 5.97. The summed E-state index contributed by atoms with van der Waals surface area (Å²) in [4.78, 5) is 8.77. The molecule has 8 heteroatoms. The van der Waals surface area contributed by atoms with Crippen LogP contribution in [0.3, 0.4) is 0 Å². The van der Waals surface area contributed by atoms with Gasteiger partial charge >= 0.3 is 0 Å². The number of hydrogen-bond acceptors (Lipinski definition) is 7. The second kappa shape index (κ2) is 8.86. The van der Waals surface area contributed by atoms with Gasteiger partial charge in [0.05, 0.1) is 18.7 Å². The predicted molar refractivity (Wildman–Crippen MR) is 108 cm³/mol. The Hall–Kier alpha value is -2.22. The third kappa shape index (κ3) is 4.43. The van der Waals surface area contributed by atoms with E-state index in [2.05, 4.69) is 49.2 Å². The minimum atomic E-state index is 0.214. The molecule has 0 amide bonds. The number of fused-ring (bicyclic) bond motifs is 1. The van der Waals surface area contributed by atoms with Crippen molar-refractivity contribution in [3.8, 4) is 0 Å². The zero-order chi connectivity index (χ0) is 19.3. The average Bonchev–Trinajstić information content (AvgIpc) is 2.93. The second-order valence-electron chi connectivity index (χ2n) is 8.11. The van der Waals surface area contributed by atoms with E-state index in [1.165, 1.54) is 19.3 Å². The minimum Gasteiger partial charge on any atom is -0.376 e. The molecule has 4 rings (SSSR count). The number of nitrogens with zero attached hydrogens (tertiary/aromatic N) is 5. The third-order valence-corrected chi connectivity index (χ3v) is 5.64. The SMILES string of the molecule is CC(C)C1OCCCC1Nc1cc(NCc2nnc3n2CCCCC3)ncn1. The van der Waals surface area contributed by atoms with E-state index in [-0.39, 0.29) is 12.1 Å². The van der Waals surface area contributed by atoms with Crippen molar-refractivity contribution >= 4 is 11.6 Å². The van der Waals surface area contributed by atoms with Gasteiger partial charge in [-0.15, -0.1) is 10.2 Å². The lowest BCUT2D eigenvalue weighted by Gasteiger charge is -2.35. The fourth-order valence-corrected chi connectivity index (χ4v) is 4.18. The lowest BCUT2D eigenvalue weighted by molar-refractivity contribution is -0.0203. The third-order valence-electron chi connectivity index (χ3n) is 5.64. The van der Waals surface area contributed by atoms with E-state index in [0.717, 1.165) is 55.7 Å². The van der Waals surface area contributed by atoms with Crippen LogP contribution in [0.1, 0.15) is 57.6 Å². The molecule has 2 N–H and O–H groups in total. The molecule has 8 nitrogen and oxygen atoms in total. The zero-order valence-electron chi connectivity index (χ0n) is 16.9. The molecular weight excluding hydrogens is 354 g/mol. The zero-order valence-corrected chi connectivity index (χ0v) is 16.9. The summed E-state index contributed by atoms with van der Waals surface area (Å²) >= 11 is 0. The molecule has 2 unspecified atom stereocenters. The fraction of sp³-hybridized carbons (Fsp3) is 0.700. The highest BCUT2D eigenvalue weighted by Gasteiger charge is 2.28. The first-order valence-corrected chi connectivity index (χ1v) is 10.6. The Morgan fingerprint density at radius 2 is 2.04 bits per heavy atom. The number of hydrogen-bond donors (Lipinski definition) is 2. The fourth-order valence-electron chi connectivity index (χ4n) is 4.18. The molecular formula is C20H31N7O. The smallest absolute Gasteiger partial charge is 0.152 e. The summed E-state index contributed by atoms with van der Waals surface area (Å²) < 4.78 is 8.23.